The van der Waals surface area contributed by atoms with E-state index in [0.29, 0.717) is 23.0 Å². The molecule has 0 aliphatic carbocycles. The summed E-state index contributed by atoms with van der Waals surface area (Å²) >= 11 is 13.0. The van der Waals surface area contributed by atoms with Gasteiger partial charge in [0, 0.05) is 68.4 Å². The van der Waals surface area contributed by atoms with Gasteiger partial charge in [-0.15, -0.1) is 0 Å². The van der Waals surface area contributed by atoms with Gasteiger partial charge < -0.3 is 9.47 Å². The third-order valence-electron chi connectivity index (χ3n) is 5.72. The number of aryl methyl sites for hydroxylation is 2. The van der Waals surface area contributed by atoms with E-state index in [1.54, 1.807) is 4.68 Å². The highest BCUT2D eigenvalue weighted by molar-refractivity contribution is 6.45. The van der Waals surface area contributed by atoms with E-state index in [9.17, 15) is 4.79 Å². The molecule has 3 heterocycles. The molecule has 1 aliphatic heterocycles. The number of carbonyl (C=O) groups is 1. The van der Waals surface area contributed by atoms with E-state index in [2.05, 4.69) is 23.5 Å². The molecule has 0 bridgehead atoms. The van der Waals surface area contributed by atoms with E-state index in [1.165, 1.54) is 18.5 Å². The Hall–Kier alpha value is -1.98. The summed E-state index contributed by atoms with van der Waals surface area (Å²) in [4.78, 5) is 14.2. The van der Waals surface area contributed by atoms with Crippen molar-refractivity contribution in [3.8, 4) is 11.1 Å². The molecule has 0 atom stereocenters. The van der Waals surface area contributed by atoms with Crippen LogP contribution >= 0.6 is 23.2 Å². The molecule has 176 valence electrons. The maximum atomic E-state index is 12.3. The van der Waals surface area contributed by atoms with Gasteiger partial charge in [-0.3, -0.25) is 9.48 Å². The van der Waals surface area contributed by atoms with Crippen molar-refractivity contribution in [3.63, 3.8) is 0 Å². The van der Waals surface area contributed by atoms with Crippen LogP contribution in [-0.2, 0) is 31.9 Å². The zero-order chi connectivity index (χ0) is 24.0. The van der Waals surface area contributed by atoms with Crippen LogP contribution in [-0.4, -0.2) is 31.7 Å². The second kappa shape index (κ2) is 11.8. The first-order chi connectivity index (χ1) is 15.3. The number of halogens is 2. The number of nitrogens with zero attached hydrogens (tertiary/aromatic N) is 4. The monoisotopic (exact) mass is 478 g/mol. The molecule has 1 amide bonds. The van der Waals surface area contributed by atoms with Gasteiger partial charge in [0.15, 0.2) is 0 Å². The normalized spacial score (nSPS) is 12.6. The molecule has 1 aliphatic rings. The standard InChI is InChI=1S/C19H20Cl2N4O.C4H10.C2H6/c1-4-16(26)25-6-5-15-13(10-25)17-12(11-8-22-23(2)9-11)7-14(20)18(21)19(17)24(15)3;1-3-4-2;1-2/h7-9H,4-6,10H2,1-3H3;3-4H2,1-2H3;1-2H3. The number of amides is 1. The Labute approximate surface area is 202 Å². The number of rotatable bonds is 3. The number of aromatic nitrogens is 3. The Morgan fingerprint density at radius 1 is 1.12 bits per heavy atom. The van der Waals surface area contributed by atoms with Crippen molar-refractivity contribution in [2.24, 2.45) is 14.1 Å². The number of carbonyl (C=O) groups excluding carboxylic acids is 1. The van der Waals surface area contributed by atoms with Gasteiger partial charge in [-0.25, -0.2) is 0 Å². The highest BCUT2D eigenvalue weighted by Crippen LogP contribution is 2.43. The summed E-state index contributed by atoms with van der Waals surface area (Å²) in [7, 11) is 3.91. The lowest BCUT2D eigenvalue weighted by molar-refractivity contribution is -0.131. The second-order valence-corrected chi connectivity index (χ2v) is 8.53. The first kappa shape index (κ1) is 26.3. The lowest BCUT2D eigenvalue weighted by Crippen LogP contribution is -2.35. The molecule has 7 heteroatoms. The molecule has 0 saturated heterocycles. The van der Waals surface area contributed by atoms with Crippen LogP contribution in [0.5, 0.6) is 0 Å². The first-order valence-corrected chi connectivity index (χ1v) is 12.3. The van der Waals surface area contributed by atoms with Crippen molar-refractivity contribution in [2.75, 3.05) is 6.54 Å². The summed E-state index contributed by atoms with van der Waals surface area (Å²) in [6.07, 6.45) is 7.77. The van der Waals surface area contributed by atoms with Crippen molar-refractivity contribution in [3.05, 3.63) is 39.8 Å². The largest absolute Gasteiger partial charge is 0.346 e. The topological polar surface area (TPSA) is 43.1 Å². The molecule has 0 N–H and O–H groups in total. The van der Waals surface area contributed by atoms with Crippen LogP contribution in [0.15, 0.2) is 18.5 Å². The Morgan fingerprint density at radius 3 is 2.31 bits per heavy atom. The summed E-state index contributed by atoms with van der Waals surface area (Å²) in [5.41, 5.74) is 5.30. The van der Waals surface area contributed by atoms with Gasteiger partial charge in [0.1, 0.15) is 0 Å². The minimum Gasteiger partial charge on any atom is -0.346 e. The smallest absolute Gasteiger partial charge is 0.222 e. The molecule has 2 aromatic heterocycles. The average Bonchev–Trinajstić information content (AvgIpc) is 3.38. The third-order valence-corrected chi connectivity index (χ3v) is 6.50. The van der Waals surface area contributed by atoms with E-state index in [4.69, 9.17) is 23.2 Å². The fourth-order valence-electron chi connectivity index (χ4n) is 3.94. The van der Waals surface area contributed by atoms with Crippen LogP contribution < -0.4 is 0 Å². The number of hydrogen-bond acceptors (Lipinski definition) is 2. The summed E-state index contributed by atoms with van der Waals surface area (Å²) in [5.74, 6) is 0.177. The highest BCUT2D eigenvalue weighted by Gasteiger charge is 2.28. The Kier molecular flexibility index (Phi) is 9.65. The van der Waals surface area contributed by atoms with Gasteiger partial charge in [0.25, 0.3) is 0 Å². The minimum atomic E-state index is 0.177. The van der Waals surface area contributed by atoms with E-state index in [-0.39, 0.29) is 5.91 Å². The third kappa shape index (κ3) is 5.15. The van der Waals surface area contributed by atoms with Crippen molar-refractivity contribution in [1.82, 2.24) is 19.2 Å². The summed E-state index contributed by atoms with van der Waals surface area (Å²) < 4.78 is 3.90. The molecule has 0 unspecified atom stereocenters. The first-order valence-electron chi connectivity index (χ1n) is 11.6. The highest BCUT2D eigenvalue weighted by atomic mass is 35.5. The van der Waals surface area contributed by atoms with Crippen LogP contribution in [0.4, 0.5) is 0 Å². The van der Waals surface area contributed by atoms with Gasteiger partial charge >= 0.3 is 0 Å². The Bertz CT molecular complexity index is 1070. The SMILES string of the molecule is CC.CCC(=O)N1CCc2c(c3c(-c4cnn(C)c4)cc(Cl)c(Cl)c3n2C)C1.CCCC. The van der Waals surface area contributed by atoms with Gasteiger partial charge in [0.2, 0.25) is 5.91 Å². The molecule has 5 nitrogen and oxygen atoms in total. The predicted molar refractivity (Wildman–Crippen MR) is 136 cm³/mol. The molecule has 3 aromatic rings. The van der Waals surface area contributed by atoms with Crippen LogP contribution in [0.3, 0.4) is 0 Å². The van der Waals surface area contributed by atoms with Gasteiger partial charge in [0.05, 0.1) is 21.8 Å². The zero-order valence-corrected chi connectivity index (χ0v) is 21.9. The molecule has 0 fully saturated rings. The minimum absolute atomic E-state index is 0.177. The van der Waals surface area contributed by atoms with Crippen LogP contribution in [0.25, 0.3) is 22.0 Å². The Balaban J connectivity index is 0.000000547. The summed E-state index contributed by atoms with van der Waals surface area (Å²) in [6, 6.07) is 1.91. The predicted octanol–water partition coefficient (Wildman–Crippen LogP) is 7.01. The van der Waals surface area contributed by atoms with Crippen molar-refractivity contribution in [1.29, 1.82) is 0 Å². The molecule has 0 saturated carbocycles. The van der Waals surface area contributed by atoms with Crippen LogP contribution in [0.2, 0.25) is 10.0 Å². The molecule has 32 heavy (non-hydrogen) atoms. The lowest BCUT2D eigenvalue weighted by atomic mass is 9.97. The second-order valence-electron chi connectivity index (χ2n) is 7.75. The van der Waals surface area contributed by atoms with Gasteiger partial charge in [-0.2, -0.15) is 5.10 Å². The molecule has 4 rings (SSSR count). The number of hydrogen-bond donors (Lipinski definition) is 0. The Morgan fingerprint density at radius 2 is 1.78 bits per heavy atom. The van der Waals surface area contributed by atoms with Crippen molar-refractivity contribution in [2.45, 2.75) is 66.8 Å². The van der Waals surface area contributed by atoms with Crippen molar-refractivity contribution >= 4 is 40.0 Å². The summed E-state index contributed by atoms with van der Waals surface area (Å²) in [6.45, 7) is 11.6. The quantitative estimate of drug-likeness (QED) is 0.405. The van der Waals surface area contributed by atoms with Crippen LogP contribution in [0, 0.1) is 0 Å². The van der Waals surface area contributed by atoms with E-state index in [0.717, 1.165) is 40.6 Å². The van der Waals surface area contributed by atoms with E-state index in [1.807, 2.05) is 58.2 Å². The van der Waals surface area contributed by atoms with Gasteiger partial charge in [-0.1, -0.05) is 70.7 Å². The van der Waals surface area contributed by atoms with Crippen molar-refractivity contribution < 1.29 is 4.79 Å². The van der Waals surface area contributed by atoms with E-state index >= 15 is 0 Å². The summed E-state index contributed by atoms with van der Waals surface area (Å²) in [5, 5.41) is 6.45. The number of fused-ring (bicyclic) bond motifs is 3. The fourth-order valence-corrected chi connectivity index (χ4v) is 4.41. The number of unbranched alkanes of at least 4 members (excludes halogenated alkanes) is 1. The zero-order valence-electron chi connectivity index (χ0n) is 20.4. The van der Waals surface area contributed by atoms with E-state index < -0.39 is 0 Å². The van der Waals surface area contributed by atoms with Gasteiger partial charge in [-0.05, 0) is 11.6 Å². The molecule has 0 radical (unpaired) electrons. The average molecular weight is 479 g/mol. The number of benzene rings is 1. The molecule has 0 spiro atoms. The molecular formula is C25H36Cl2N4O. The molecular weight excluding hydrogens is 443 g/mol. The lowest BCUT2D eigenvalue weighted by Gasteiger charge is -2.28. The van der Waals surface area contributed by atoms with Crippen LogP contribution in [0.1, 0.15) is 65.1 Å². The molecule has 1 aromatic carbocycles. The maximum Gasteiger partial charge on any atom is 0.222 e. The maximum absolute atomic E-state index is 12.3. The fraction of sp³-hybridized carbons (Fsp3) is 0.520.